The SMILES string of the molecule is C[Si](C)(C)C#C[C@H]([C@@H](O)C1CCCCC1)N(Cc1ccccc1)Cc1ccccc1. The molecule has 0 aromatic heterocycles. The lowest BCUT2D eigenvalue weighted by molar-refractivity contribution is 0.0150. The normalized spacial score (nSPS) is 17.2. The van der Waals surface area contributed by atoms with Gasteiger partial charge in [-0.25, -0.2) is 0 Å². The summed E-state index contributed by atoms with van der Waals surface area (Å²) in [7, 11) is -1.54. The molecule has 3 rings (SSSR count). The Bertz CT molecular complexity index is 771. The zero-order valence-corrected chi connectivity index (χ0v) is 19.8. The van der Waals surface area contributed by atoms with Gasteiger partial charge in [0.1, 0.15) is 8.07 Å². The molecule has 0 bridgehead atoms. The lowest BCUT2D eigenvalue weighted by Gasteiger charge is -2.37. The number of aliphatic hydroxyl groups excluding tert-OH is 1. The van der Waals surface area contributed by atoms with Crippen LogP contribution in [0.15, 0.2) is 60.7 Å². The Morgan fingerprint density at radius 2 is 1.37 bits per heavy atom. The highest BCUT2D eigenvalue weighted by Crippen LogP contribution is 2.30. The summed E-state index contributed by atoms with van der Waals surface area (Å²) < 4.78 is 0. The van der Waals surface area contributed by atoms with Gasteiger partial charge < -0.3 is 5.11 Å². The lowest BCUT2D eigenvalue weighted by Crippen LogP contribution is -2.46. The molecular weight excluding hydrogens is 382 g/mol. The number of benzene rings is 2. The minimum Gasteiger partial charge on any atom is -0.390 e. The van der Waals surface area contributed by atoms with Crippen LogP contribution in [-0.4, -0.2) is 30.2 Å². The first kappa shape index (κ1) is 22.8. The number of nitrogens with zero attached hydrogens (tertiary/aromatic N) is 1. The second kappa shape index (κ2) is 11.0. The average molecular weight is 420 g/mol. The van der Waals surface area contributed by atoms with Crippen LogP contribution < -0.4 is 0 Å². The van der Waals surface area contributed by atoms with E-state index in [0.717, 1.165) is 25.9 Å². The van der Waals surface area contributed by atoms with Crippen molar-refractivity contribution >= 4 is 8.07 Å². The van der Waals surface area contributed by atoms with Gasteiger partial charge in [-0.2, -0.15) is 0 Å². The van der Waals surface area contributed by atoms with Crippen molar-refractivity contribution in [2.75, 3.05) is 0 Å². The molecule has 2 aromatic rings. The number of hydrogen-bond donors (Lipinski definition) is 1. The van der Waals surface area contributed by atoms with Crippen molar-refractivity contribution in [3.05, 3.63) is 71.8 Å². The molecule has 0 saturated heterocycles. The van der Waals surface area contributed by atoms with Crippen molar-refractivity contribution in [3.63, 3.8) is 0 Å². The van der Waals surface area contributed by atoms with Gasteiger partial charge in [-0.05, 0) is 29.9 Å². The zero-order chi connectivity index (χ0) is 21.4. The van der Waals surface area contributed by atoms with Gasteiger partial charge >= 0.3 is 0 Å². The Labute approximate surface area is 184 Å². The van der Waals surface area contributed by atoms with Gasteiger partial charge in [0.2, 0.25) is 0 Å². The van der Waals surface area contributed by atoms with Crippen LogP contribution in [0, 0.1) is 17.4 Å². The van der Waals surface area contributed by atoms with Gasteiger partial charge in [-0.1, -0.05) is 105 Å². The van der Waals surface area contributed by atoms with Crippen molar-refractivity contribution in [1.29, 1.82) is 0 Å². The second-order valence-electron chi connectivity index (χ2n) is 9.73. The van der Waals surface area contributed by atoms with E-state index in [9.17, 15) is 5.11 Å². The predicted octanol–water partition coefficient (Wildman–Crippen LogP) is 5.88. The maximum atomic E-state index is 11.5. The fraction of sp³-hybridized carbons (Fsp3) is 0.481. The molecule has 160 valence electrons. The minimum atomic E-state index is -1.54. The highest BCUT2D eigenvalue weighted by molar-refractivity contribution is 6.83. The van der Waals surface area contributed by atoms with Crippen molar-refractivity contribution in [2.45, 2.75) is 77.0 Å². The van der Waals surface area contributed by atoms with Crippen LogP contribution >= 0.6 is 0 Å². The number of hydrogen-bond acceptors (Lipinski definition) is 2. The van der Waals surface area contributed by atoms with E-state index in [1.807, 2.05) is 0 Å². The minimum absolute atomic E-state index is 0.139. The Balaban J connectivity index is 1.93. The van der Waals surface area contributed by atoms with Gasteiger partial charge in [0.15, 0.2) is 0 Å². The molecule has 2 atom stereocenters. The van der Waals surface area contributed by atoms with Crippen molar-refractivity contribution in [1.82, 2.24) is 4.90 Å². The Morgan fingerprint density at radius 1 is 0.867 bits per heavy atom. The molecule has 0 amide bonds. The van der Waals surface area contributed by atoms with Gasteiger partial charge in [-0.15, -0.1) is 5.54 Å². The smallest absolute Gasteiger partial charge is 0.129 e. The van der Waals surface area contributed by atoms with Gasteiger partial charge in [0.05, 0.1) is 12.1 Å². The topological polar surface area (TPSA) is 23.5 Å². The van der Waals surface area contributed by atoms with E-state index in [-0.39, 0.29) is 6.04 Å². The first-order valence-electron chi connectivity index (χ1n) is 11.4. The summed E-state index contributed by atoms with van der Waals surface area (Å²) in [6.45, 7) is 8.43. The van der Waals surface area contributed by atoms with E-state index < -0.39 is 14.2 Å². The molecule has 1 fully saturated rings. The molecular formula is C27H37NOSi. The molecule has 3 heteroatoms. The summed E-state index contributed by atoms with van der Waals surface area (Å²) >= 11 is 0. The first-order chi connectivity index (χ1) is 14.4. The molecule has 0 spiro atoms. The fourth-order valence-corrected chi connectivity index (χ4v) is 4.89. The maximum Gasteiger partial charge on any atom is 0.129 e. The molecule has 0 radical (unpaired) electrons. The second-order valence-corrected chi connectivity index (χ2v) is 14.5. The van der Waals surface area contributed by atoms with E-state index in [4.69, 9.17) is 0 Å². The molecule has 0 unspecified atom stereocenters. The number of rotatable bonds is 7. The molecule has 0 heterocycles. The maximum absolute atomic E-state index is 11.5. The molecule has 1 aliphatic carbocycles. The third-order valence-electron chi connectivity index (χ3n) is 5.90. The number of aliphatic hydroxyl groups is 1. The first-order valence-corrected chi connectivity index (χ1v) is 14.9. The summed E-state index contributed by atoms with van der Waals surface area (Å²) in [6.07, 6.45) is 5.60. The largest absolute Gasteiger partial charge is 0.390 e. The molecule has 0 aliphatic heterocycles. The summed E-state index contributed by atoms with van der Waals surface area (Å²) in [6, 6.07) is 21.1. The van der Waals surface area contributed by atoms with Crippen molar-refractivity contribution in [2.24, 2.45) is 5.92 Å². The molecule has 1 saturated carbocycles. The summed E-state index contributed by atoms with van der Waals surface area (Å²) in [5, 5.41) is 11.5. The van der Waals surface area contributed by atoms with E-state index in [1.54, 1.807) is 0 Å². The molecule has 2 nitrogen and oxygen atoms in total. The Kier molecular flexibility index (Phi) is 8.33. The fourth-order valence-electron chi connectivity index (χ4n) is 4.31. The third-order valence-corrected chi connectivity index (χ3v) is 6.80. The lowest BCUT2D eigenvalue weighted by atomic mass is 9.82. The van der Waals surface area contributed by atoms with Crippen LogP contribution in [0.2, 0.25) is 19.6 Å². The summed E-state index contributed by atoms with van der Waals surface area (Å²) in [5.41, 5.74) is 6.12. The quantitative estimate of drug-likeness (QED) is 0.447. The van der Waals surface area contributed by atoms with Crippen LogP contribution in [-0.2, 0) is 13.1 Å². The van der Waals surface area contributed by atoms with Gasteiger partial charge in [0.25, 0.3) is 0 Å². The molecule has 30 heavy (non-hydrogen) atoms. The van der Waals surface area contributed by atoms with Crippen LogP contribution in [0.5, 0.6) is 0 Å². The van der Waals surface area contributed by atoms with Crippen LogP contribution in [0.4, 0.5) is 0 Å². The van der Waals surface area contributed by atoms with Crippen molar-refractivity contribution < 1.29 is 5.11 Å². The van der Waals surface area contributed by atoms with Gasteiger partial charge in [0, 0.05) is 13.1 Å². The highest BCUT2D eigenvalue weighted by Gasteiger charge is 2.32. The van der Waals surface area contributed by atoms with Crippen LogP contribution in [0.25, 0.3) is 0 Å². The predicted molar refractivity (Wildman–Crippen MR) is 130 cm³/mol. The van der Waals surface area contributed by atoms with E-state index in [1.165, 1.54) is 30.4 Å². The average Bonchev–Trinajstić information content (AvgIpc) is 2.75. The Hall–Kier alpha value is -1.86. The monoisotopic (exact) mass is 419 g/mol. The molecule has 2 aromatic carbocycles. The Morgan fingerprint density at radius 3 is 1.83 bits per heavy atom. The van der Waals surface area contributed by atoms with E-state index in [0.29, 0.717) is 5.92 Å². The molecule has 1 N–H and O–H groups in total. The van der Waals surface area contributed by atoms with E-state index in [2.05, 4.69) is 96.7 Å². The standard InChI is InChI=1S/C27H37NOSi/c1-30(2,3)20-19-26(27(29)25-17-11-6-12-18-25)28(21-23-13-7-4-8-14-23)22-24-15-9-5-10-16-24/h4-5,7-10,13-16,25-27,29H,6,11-12,17-18,21-22H2,1-3H3/t26-,27+/m1/s1. The summed E-state index contributed by atoms with van der Waals surface area (Å²) in [4.78, 5) is 2.40. The van der Waals surface area contributed by atoms with Gasteiger partial charge in [-0.3, -0.25) is 4.90 Å². The highest BCUT2D eigenvalue weighted by atomic mass is 28.3. The molecule has 1 aliphatic rings. The van der Waals surface area contributed by atoms with Crippen molar-refractivity contribution in [3.8, 4) is 11.5 Å². The zero-order valence-electron chi connectivity index (χ0n) is 18.8. The van der Waals surface area contributed by atoms with Crippen LogP contribution in [0.1, 0.15) is 43.2 Å². The summed E-state index contributed by atoms with van der Waals surface area (Å²) in [5.74, 6) is 3.94. The third kappa shape index (κ3) is 7.13. The van der Waals surface area contributed by atoms with Crippen LogP contribution in [0.3, 0.4) is 0 Å². The van der Waals surface area contributed by atoms with E-state index >= 15 is 0 Å².